The molecule has 4 rings (SSSR count). The van der Waals surface area contributed by atoms with Crippen molar-refractivity contribution in [1.29, 1.82) is 0 Å². The second-order valence-corrected chi connectivity index (χ2v) is 9.96. The van der Waals surface area contributed by atoms with Crippen LogP contribution in [-0.4, -0.2) is 29.7 Å². The Balaban J connectivity index is 1.72. The van der Waals surface area contributed by atoms with Crippen LogP contribution in [0.2, 0.25) is 0 Å². The molecule has 5 nitrogen and oxygen atoms in total. The third kappa shape index (κ3) is 3.98. The van der Waals surface area contributed by atoms with Crippen molar-refractivity contribution in [3.05, 3.63) is 59.4 Å². The lowest BCUT2D eigenvalue weighted by molar-refractivity contribution is 0.281. The van der Waals surface area contributed by atoms with Crippen LogP contribution in [0.4, 0.5) is 0 Å². The topological polar surface area (TPSA) is 83.1 Å². The molecular weight excluding hydrogens is 372 g/mol. The average molecular weight is 399 g/mol. The minimum Gasteiger partial charge on any atom is -0.392 e. The summed E-state index contributed by atoms with van der Waals surface area (Å²) in [5.74, 6) is 0.857. The molecular formula is C22H26N2O3S. The van der Waals surface area contributed by atoms with E-state index in [0.29, 0.717) is 10.8 Å². The first-order chi connectivity index (χ1) is 13.4. The first-order valence-corrected chi connectivity index (χ1v) is 11.7. The maximum absolute atomic E-state index is 11.8. The standard InChI is InChI=1S/C22H26N2O3S/c1-28(26,27)19-8-6-17(7-9-19)20(11-15-4-2-3-5-15)21-12-18-10-16(14-25)13-23-22(18)24-21/h6-10,12-13,15,20,25H,2-5,11,14H2,1H3,(H,23,24). The van der Waals surface area contributed by atoms with E-state index < -0.39 is 9.84 Å². The third-order valence-corrected chi connectivity index (χ3v) is 6.99. The monoisotopic (exact) mass is 398 g/mol. The van der Waals surface area contributed by atoms with Crippen LogP contribution in [-0.2, 0) is 16.4 Å². The summed E-state index contributed by atoms with van der Waals surface area (Å²) in [6, 6.07) is 11.4. The highest BCUT2D eigenvalue weighted by atomic mass is 32.2. The van der Waals surface area contributed by atoms with E-state index in [1.807, 2.05) is 18.2 Å². The molecule has 0 saturated heterocycles. The van der Waals surface area contributed by atoms with Crippen molar-refractivity contribution in [3.63, 3.8) is 0 Å². The predicted octanol–water partition coefficient (Wildman–Crippen LogP) is 4.17. The summed E-state index contributed by atoms with van der Waals surface area (Å²) in [5.41, 5.74) is 3.82. The van der Waals surface area contributed by atoms with Crippen molar-refractivity contribution in [3.8, 4) is 0 Å². The van der Waals surface area contributed by atoms with E-state index >= 15 is 0 Å². The largest absolute Gasteiger partial charge is 0.392 e. The van der Waals surface area contributed by atoms with Crippen LogP contribution >= 0.6 is 0 Å². The predicted molar refractivity (Wildman–Crippen MR) is 110 cm³/mol. The smallest absolute Gasteiger partial charge is 0.175 e. The molecule has 1 unspecified atom stereocenters. The lowest BCUT2D eigenvalue weighted by Gasteiger charge is -2.20. The highest BCUT2D eigenvalue weighted by molar-refractivity contribution is 7.90. The first-order valence-electron chi connectivity index (χ1n) is 9.82. The number of sulfone groups is 1. The van der Waals surface area contributed by atoms with E-state index in [-0.39, 0.29) is 12.5 Å². The molecule has 0 radical (unpaired) electrons. The second kappa shape index (κ2) is 7.68. The van der Waals surface area contributed by atoms with E-state index in [4.69, 9.17) is 0 Å². The fraction of sp³-hybridized carbons (Fsp3) is 0.409. The minimum atomic E-state index is -3.20. The zero-order chi connectivity index (χ0) is 19.7. The number of pyridine rings is 1. The molecule has 1 aliphatic carbocycles. The summed E-state index contributed by atoms with van der Waals surface area (Å²) in [7, 11) is -3.20. The molecule has 6 heteroatoms. The number of aliphatic hydroxyl groups is 1. The summed E-state index contributed by atoms with van der Waals surface area (Å²) in [5, 5.41) is 10.4. The van der Waals surface area contributed by atoms with Gasteiger partial charge in [0.2, 0.25) is 0 Å². The number of aliphatic hydroxyl groups excluding tert-OH is 1. The van der Waals surface area contributed by atoms with Gasteiger partial charge in [0.25, 0.3) is 0 Å². The van der Waals surface area contributed by atoms with Crippen LogP contribution in [0.1, 0.15) is 54.8 Å². The molecule has 1 atom stereocenters. The molecule has 0 spiro atoms. The Morgan fingerprint density at radius 3 is 2.54 bits per heavy atom. The quantitative estimate of drug-likeness (QED) is 0.653. The lowest BCUT2D eigenvalue weighted by atomic mass is 9.85. The van der Waals surface area contributed by atoms with Crippen LogP contribution < -0.4 is 0 Å². The Kier molecular flexibility index (Phi) is 5.25. The fourth-order valence-electron chi connectivity index (χ4n) is 4.33. The van der Waals surface area contributed by atoms with Gasteiger partial charge in [0, 0.05) is 29.5 Å². The normalized spacial score (nSPS) is 16.6. The number of benzene rings is 1. The number of nitrogens with zero attached hydrogens (tertiary/aromatic N) is 1. The van der Waals surface area contributed by atoms with Crippen LogP contribution in [0.25, 0.3) is 11.0 Å². The number of aromatic amines is 1. The SMILES string of the molecule is CS(=O)(=O)c1ccc(C(CC2CCCC2)c2cc3cc(CO)cnc3[nH]2)cc1. The van der Waals surface area contributed by atoms with E-state index in [2.05, 4.69) is 16.0 Å². The van der Waals surface area contributed by atoms with Crippen LogP contribution in [0.5, 0.6) is 0 Å². The van der Waals surface area contributed by atoms with E-state index in [0.717, 1.165) is 34.3 Å². The van der Waals surface area contributed by atoms with Crippen molar-refractivity contribution in [2.75, 3.05) is 6.26 Å². The number of rotatable bonds is 6. The summed E-state index contributed by atoms with van der Waals surface area (Å²) in [6.45, 7) is -0.0259. The third-order valence-electron chi connectivity index (χ3n) is 5.86. The van der Waals surface area contributed by atoms with Crippen LogP contribution in [0.15, 0.2) is 47.5 Å². The Morgan fingerprint density at radius 1 is 1.18 bits per heavy atom. The lowest BCUT2D eigenvalue weighted by Crippen LogP contribution is -2.08. The van der Waals surface area contributed by atoms with Crippen LogP contribution in [0, 0.1) is 5.92 Å². The molecule has 1 saturated carbocycles. The van der Waals surface area contributed by atoms with Gasteiger partial charge in [-0.05, 0) is 47.7 Å². The Labute approximate surface area is 165 Å². The molecule has 1 aromatic carbocycles. The summed E-state index contributed by atoms with van der Waals surface area (Å²) >= 11 is 0. The zero-order valence-corrected chi connectivity index (χ0v) is 16.9. The fourth-order valence-corrected chi connectivity index (χ4v) is 4.96. The van der Waals surface area contributed by atoms with Gasteiger partial charge in [-0.1, -0.05) is 37.8 Å². The van der Waals surface area contributed by atoms with E-state index in [9.17, 15) is 13.5 Å². The number of H-pyrrole nitrogens is 1. The Morgan fingerprint density at radius 2 is 1.89 bits per heavy atom. The Hall–Kier alpha value is -2.18. The zero-order valence-electron chi connectivity index (χ0n) is 16.1. The minimum absolute atomic E-state index is 0.0259. The van der Waals surface area contributed by atoms with Gasteiger partial charge >= 0.3 is 0 Å². The molecule has 2 N–H and O–H groups in total. The van der Waals surface area contributed by atoms with Gasteiger partial charge in [0.15, 0.2) is 9.84 Å². The molecule has 148 valence electrons. The molecule has 0 bridgehead atoms. The highest BCUT2D eigenvalue weighted by Gasteiger charge is 2.24. The number of hydrogen-bond donors (Lipinski definition) is 2. The maximum atomic E-state index is 11.8. The van der Waals surface area contributed by atoms with Crippen molar-refractivity contribution in [2.45, 2.75) is 49.5 Å². The molecule has 1 fully saturated rings. The first kappa shape index (κ1) is 19.2. The number of nitrogens with one attached hydrogen (secondary N) is 1. The molecule has 0 aliphatic heterocycles. The van der Waals surface area contributed by atoms with E-state index in [1.165, 1.54) is 31.9 Å². The van der Waals surface area contributed by atoms with E-state index in [1.54, 1.807) is 18.3 Å². The molecule has 2 heterocycles. The van der Waals surface area contributed by atoms with Crippen molar-refractivity contribution in [1.82, 2.24) is 9.97 Å². The van der Waals surface area contributed by atoms with Crippen molar-refractivity contribution in [2.24, 2.45) is 5.92 Å². The summed E-state index contributed by atoms with van der Waals surface area (Å²) in [6.07, 6.45) is 9.06. The number of fused-ring (bicyclic) bond motifs is 1. The van der Waals surface area contributed by atoms with Crippen molar-refractivity contribution >= 4 is 20.9 Å². The van der Waals surface area contributed by atoms with Gasteiger partial charge in [-0.25, -0.2) is 13.4 Å². The molecule has 28 heavy (non-hydrogen) atoms. The average Bonchev–Trinajstić information content (AvgIpc) is 3.34. The maximum Gasteiger partial charge on any atom is 0.175 e. The van der Waals surface area contributed by atoms with Gasteiger partial charge in [-0.15, -0.1) is 0 Å². The van der Waals surface area contributed by atoms with Gasteiger partial charge in [-0.2, -0.15) is 0 Å². The second-order valence-electron chi connectivity index (χ2n) is 7.94. The number of aromatic nitrogens is 2. The van der Waals surface area contributed by atoms with Crippen LogP contribution in [0.3, 0.4) is 0 Å². The van der Waals surface area contributed by atoms with Gasteiger partial charge in [0.1, 0.15) is 5.65 Å². The van der Waals surface area contributed by atoms with Gasteiger partial charge in [-0.3, -0.25) is 0 Å². The summed E-state index contributed by atoms with van der Waals surface area (Å²) in [4.78, 5) is 8.23. The molecule has 2 aromatic heterocycles. The molecule has 0 amide bonds. The van der Waals surface area contributed by atoms with Crippen molar-refractivity contribution < 1.29 is 13.5 Å². The molecule has 3 aromatic rings. The number of hydrogen-bond acceptors (Lipinski definition) is 4. The van der Waals surface area contributed by atoms with Gasteiger partial charge in [0.05, 0.1) is 11.5 Å². The summed E-state index contributed by atoms with van der Waals surface area (Å²) < 4.78 is 23.6. The Bertz CT molecular complexity index is 1060. The van der Waals surface area contributed by atoms with Gasteiger partial charge < -0.3 is 10.1 Å². The highest BCUT2D eigenvalue weighted by Crippen LogP contribution is 2.38. The molecule has 1 aliphatic rings.